The zero-order valence-corrected chi connectivity index (χ0v) is 10.2. The molecular weight excluding hydrogens is 172 g/mol. The van der Waals surface area contributed by atoms with E-state index in [-0.39, 0.29) is 0 Å². The van der Waals surface area contributed by atoms with Crippen molar-refractivity contribution in [2.24, 2.45) is 5.92 Å². The first-order valence-corrected chi connectivity index (χ1v) is 6.09. The lowest BCUT2D eigenvalue weighted by Gasteiger charge is -2.40. The molecule has 0 amide bonds. The van der Waals surface area contributed by atoms with Gasteiger partial charge in [-0.05, 0) is 45.8 Å². The number of hydrogen-bond donors (Lipinski definition) is 1. The van der Waals surface area contributed by atoms with E-state index in [9.17, 15) is 0 Å². The van der Waals surface area contributed by atoms with Crippen LogP contribution in [0.2, 0.25) is 0 Å². The van der Waals surface area contributed by atoms with Gasteiger partial charge in [0.1, 0.15) is 0 Å². The minimum Gasteiger partial charge on any atom is -0.316 e. The molecule has 1 fully saturated rings. The second-order valence-electron chi connectivity index (χ2n) is 4.84. The van der Waals surface area contributed by atoms with Crippen molar-refractivity contribution < 1.29 is 0 Å². The molecular formula is C12H26N2. The maximum Gasteiger partial charge on any atom is 0.0145 e. The van der Waals surface area contributed by atoms with Crippen molar-refractivity contribution in [2.45, 2.75) is 52.1 Å². The van der Waals surface area contributed by atoms with Gasteiger partial charge in [0.05, 0.1) is 0 Å². The first-order valence-electron chi connectivity index (χ1n) is 6.09. The predicted octanol–water partition coefficient (Wildman–Crippen LogP) is 2.10. The van der Waals surface area contributed by atoms with Gasteiger partial charge in [-0.3, -0.25) is 0 Å². The van der Waals surface area contributed by atoms with Crippen LogP contribution >= 0.6 is 0 Å². The Hall–Kier alpha value is -0.0800. The fourth-order valence-electron chi connectivity index (χ4n) is 2.55. The van der Waals surface area contributed by atoms with Crippen LogP contribution in [0.1, 0.15) is 40.0 Å². The van der Waals surface area contributed by atoms with Crippen molar-refractivity contribution in [1.82, 2.24) is 10.2 Å². The standard InChI is InChI=1S/C12H26N2/c1-5-6-11(3)14(4)12-7-8-13-9-10(12)2/h10-13H,5-9H2,1-4H3. The van der Waals surface area contributed by atoms with Crippen molar-refractivity contribution in [3.05, 3.63) is 0 Å². The van der Waals surface area contributed by atoms with Crippen LogP contribution in [0.5, 0.6) is 0 Å². The minimum atomic E-state index is 0.741. The van der Waals surface area contributed by atoms with E-state index in [2.05, 4.69) is 38.0 Å². The summed E-state index contributed by atoms with van der Waals surface area (Å²) < 4.78 is 0. The normalized spacial score (nSPS) is 30.6. The smallest absolute Gasteiger partial charge is 0.0145 e. The summed E-state index contributed by atoms with van der Waals surface area (Å²) in [4.78, 5) is 2.59. The van der Waals surface area contributed by atoms with Crippen LogP contribution in [0, 0.1) is 5.92 Å². The van der Waals surface area contributed by atoms with Crippen LogP contribution in [-0.4, -0.2) is 37.1 Å². The molecule has 0 spiro atoms. The van der Waals surface area contributed by atoms with Crippen molar-refractivity contribution in [3.63, 3.8) is 0 Å². The molecule has 1 heterocycles. The molecule has 0 aromatic carbocycles. The van der Waals surface area contributed by atoms with Gasteiger partial charge >= 0.3 is 0 Å². The van der Waals surface area contributed by atoms with E-state index >= 15 is 0 Å². The molecule has 0 aromatic heterocycles. The lowest BCUT2D eigenvalue weighted by atomic mass is 9.92. The van der Waals surface area contributed by atoms with Crippen LogP contribution in [-0.2, 0) is 0 Å². The molecule has 0 saturated carbocycles. The van der Waals surface area contributed by atoms with Gasteiger partial charge in [-0.25, -0.2) is 0 Å². The average molecular weight is 198 g/mol. The molecule has 0 aliphatic carbocycles. The summed E-state index contributed by atoms with van der Waals surface area (Å²) in [5.74, 6) is 0.799. The van der Waals surface area contributed by atoms with Crippen LogP contribution in [0.15, 0.2) is 0 Å². The molecule has 1 aliphatic heterocycles. The van der Waals surface area contributed by atoms with Gasteiger partial charge in [0, 0.05) is 12.1 Å². The number of rotatable bonds is 4. The second kappa shape index (κ2) is 5.72. The van der Waals surface area contributed by atoms with E-state index in [4.69, 9.17) is 0 Å². The van der Waals surface area contributed by atoms with E-state index in [1.807, 2.05) is 0 Å². The van der Waals surface area contributed by atoms with E-state index in [0.717, 1.165) is 18.0 Å². The van der Waals surface area contributed by atoms with Crippen molar-refractivity contribution in [1.29, 1.82) is 0 Å². The molecule has 1 saturated heterocycles. The Morgan fingerprint density at radius 1 is 1.50 bits per heavy atom. The maximum absolute atomic E-state index is 3.46. The first-order chi connectivity index (χ1) is 6.66. The molecule has 1 N–H and O–H groups in total. The summed E-state index contributed by atoms with van der Waals surface area (Å²) in [6.45, 7) is 9.38. The van der Waals surface area contributed by atoms with Crippen molar-refractivity contribution >= 4 is 0 Å². The van der Waals surface area contributed by atoms with E-state index in [0.29, 0.717) is 0 Å². The largest absolute Gasteiger partial charge is 0.316 e. The molecule has 3 atom stereocenters. The van der Waals surface area contributed by atoms with Gasteiger partial charge < -0.3 is 10.2 Å². The molecule has 3 unspecified atom stereocenters. The van der Waals surface area contributed by atoms with Gasteiger partial charge in [-0.2, -0.15) is 0 Å². The van der Waals surface area contributed by atoms with E-state index in [1.54, 1.807) is 0 Å². The van der Waals surface area contributed by atoms with Crippen molar-refractivity contribution in [3.8, 4) is 0 Å². The molecule has 0 aromatic rings. The highest BCUT2D eigenvalue weighted by atomic mass is 15.2. The number of hydrogen-bond acceptors (Lipinski definition) is 2. The molecule has 2 heteroatoms. The summed E-state index contributed by atoms with van der Waals surface area (Å²) in [6.07, 6.45) is 3.93. The van der Waals surface area contributed by atoms with Crippen LogP contribution in [0.4, 0.5) is 0 Å². The number of nitrogens with zero attached hydrogens (tertiary/aromatic N) is 1. The SMILES string of the molecule is CCCC(C)N(C)C1CCNCC1C. The third kappa shape index (κ3) is 2.96. The first kappa shape index (κ1) is 12.0. The van der Waals surface area contributed by atoms with Crippen LogP contribution in [0.25, 0.3) is 0 Å². The van der Waals surface area contributed by atoms with E-state index in [1.165, 1.54) is 32.4 Å². The molecule has 2 nitrogen and oxygen atoms in total. The van der Waals surface area contributed by atoms with Gasteiger partial charge in [-0.15, -0.1) is 0 Å². The summed E-state index contributed by atoms with van der Waals surface area (Å²) in [5.41, 5.74) is 0. The summed E-state index contributed by atoms with van der Waals surface area (Å²) in [5, 5.41) is 3.46. The highest BCUT2D eigenvalue weighted by Crippen LogP contribution is 2.19. The van der Waals surface area contributed by atoms with Gasteiger partial charge in [0.15, 0.2) is 0 Å². The molecule has 0 radical (unpaired) electrons. The Morgan fingerprint density at radius 2 is 2.21 bits per heavy atom. The fraction of sp³-hybridized carbons (Fsp3) is 1.00. The summed E-state index contributed by atoms with van der Waals surface area (Å²) in [6, 6.07) is 1.53. The zero-order chi connectivity index (χ0) is 10.6. The molecule has 84 valence electrons. The third-order valence-electron chi connectivity index (χ3n) is 3.66. The van der Waals surface area contributed by atoms with Gasteiger partial charge in [-0.1, -0.05) is 20.3 Å². The van der Waals surface area contributed by atoms with E-state index < -0.39 is 0 Å². The molecule has 14 heavy (non-hydrogen) atoms. The summed E-state index contributed by atoms with van der Waals surface area (Å²) in [7, 11) is 2.30. The lowest BCUT2D eigenvalue weighted by molar-refractivity contribution is 0.107. The summed E-state index contributed by atoms with van der Waals surface area (Å²) >= 11 is 0. The highest BCUT2D eigenvalue weighted by Gasteiger charge is 2.26. The Balaban J connectivity index is 2.44. The number of piperidine rings is 1. The van der Waals surface area contributed by atoms with Gasteiger partial charge in [0.2, 0.25) is 0 Å². The monoisotopic (exact) mass is 198 g/mol. The maximum atomic E-state index is 3.46. The Kier molecular flexibility index (Phi) is 4.90. The Bertz CT molecular complexity index is 158. The zero-order valence-electron chi connectivity index (χ0n) is 10.2. The van der Waals surface area contributed by atoms with Gasteiger partial charge in [0.25, 0.3) is 0 Å². The quantitative estimate of drug-likeness (QED) is 0.744. The molecule has 1 rings (SSSR count). The fourth-order valence-corrected chi connectivity index (χ4v) is 2.55. The number of nitrogens with one attached hydrogen (secondary N) is 1. The minimum absolute atomic E-state index is 0.741. The van der Waals surface area contributed by atoms with Crippen LogP contribution in [0.3, 0.4) is 0 Å². The highest BCUT2D eigenvalue weighted by molar-refractivity contribution is 4.83. The lowest BCUT2D eigenvalue weighted by Crippen LogP contribution is -2.49. The topological polar surface area (TPSA) is 15.3 Å². The molecule has 0 bridgehead atoms. The Morgan fingerprint density at radius 3 is 2.79 bits per heavy atom. The van der Waals surface area contributed by atoms with Crippen LogP contribution < -0.4 is 5.32 Å². The predicted molar refractivity (Wildman–Crippen MR) is 62.6 cm³/mol. The average Bonchev–Trinajstić information content (AvgIpc) is 2.18. The third-order valence-corrected chi connectivity index (χ3v) is 3.66. The Labute approximate surface area is 89.1 Å². The van der Waals surface area contributed by atoms with Crippen molar-refractivity contribution in [2.75, 3.05) is 20.1 Å². The second-order valence-corrected chi connectivity index (χ2v) is 4.84. The molecule has 1 aliphatic rings.